The highest BCUT2D eigenvalue weighted by Crippen LogP contribution is 2.31. The second kappa shape index (κ2) is 4.61. The average molecular weight is 385 g/mol. The Balaban J connectivity index is 2.28. The van der Waals surface area contributed by atoms with Gasteiger partial charge in [-0.3, -0.25) is 4.40 Å². The van der Waals surface area contributed by atoms with Gasteiger partial charge in [-0.15, -0.1) is 0 Å². The molecule has 0 aliphatic carbocycles. The van der Waals surface area contributed by atoms with E-state index in [4.69, 9.17) is 5.73 Å². The van der Waals surface area contributed by atoms with Crippen LogP contribution in [-0.2, 0) is 0 Å². The molecule has 0 fully saturated rings. The first-order chi connectivity index (χ1) is 9.08. The van der Waals surface area contributed by atoms with E-state index in [0.717, 1.165) is 15.7 Å². The van der Waals surface area contributed by atoms with Crippen LogP contribution in [0.5, 0.6) is 0 Å². The van der Waals surface area contributed by atoms with Crippen LogP contribution in [0.2, 0.25) is 0 Å². The first-order valence-corrected chi connectivity index (χ1v) is 7.04. The maximum absolute atomic E-state index is 13.3. The zero-order valence-electron chi connectivity index (χ0n) is 9.57. The number of nitrogens with two attached hydrogens (primary N) is 1. The monoisotopic (exact) mass is 383 g/mol. The molecule has 0 amide bonds. The number of nitrogens with zero attached hydrogens (tertiary/aromatic N) is 2. The molecule has 2 N–H and O–H groups in total. The van der Waals surface area contributed by atoms with Crippen molar-refractivity contribution < 1.29 is 4.39 Å². The molecular formula is C13H8Br2FN3. The number of nitrogen functional groups attached to an aromatic ring is 1. The summed E-state index contributed by atoms with van der Waals surface area (Å²) >= 11 is 6.60. The molecule has 3 nitrogen and oxygen atoms in total. The van der Waals surface area contributed by atoms with Crippen molar-refractivity contribution in [3.63, 3.8) is 0 Å². The zero-order chi connectivity index (χ0) is 13.6. The van der Waals surface area contributed by atoms with Crippen LogP contribution in [0, 0.1) is 5.82 Å². The molecule has 1 aromatic carbocycles. The number of anilines is 1. The van der Waals surface area contributed by atoms with Crippen LogP contribution < -0.4 is 5.73 Å². The summed E-state index contributed by atoms with van der Waals surface area (Å²) in [5.74, 6) is 0.210. The van der Waals surface area contributed by atoms with Crippen molar-refractivity contribution in [2.24, 2.45) is 0 Å². The molecule has 0 saturated carbocycles. The lowest BCUT2D eigenvalue weighted by Crippen LogP contribution is -1.94. The predicted octanol–water partition coefficient (Wildman–Crippen LogP) is 4.25. The van der Waals surface area contributed by atoms with Crippen molar-refractivity contribution in [2.75, 3.05) is 5.73 Å². The predicted molar refractivity (Wildman–Crippen MR) is 80.4 cm³/mol. The van der Waals surface area contributed by atoms with Crippen molar-refractivity contribution >= 4 is 43.3 Å². The Morgan fingerprint density at radius 3 is 2.63 bits per heavy atom. The van der Waals surface area contributed by atoms with Crippen molar-refractivity contribution in [1.29, 1.82) is 0 Å². The molecule has 0 saturated heterocycles. The fraction of sp³-hybridized carbons (Fsp3) is 0. The van der Waals surface area contributed by atoms with Gasteiger partial charge in [0.2, 0.25) is 0 Å². The number of benzene rings is 1. The molecule has 0 aliphatic heterocycles. The molecule has 0 spiro atoms. The van der Waals surface area contributed by atoms with Crippen LogP contribution in [-0.4, -0.2) is 9.38 Å². The van der Waals surface area contributed by atoms with E-state index in [9.17, 15) is 4.39 Å². The topological polar surface area (TPSA) is 43.3 Å². The second-order valence-electron chi connectivity index (χ2n) is 4.02. The summed E-state index contributed by atoms with van der Waals surface area (Å²) in [4.78, 5) is 4.50. The molecule has 0 aliphatic rings. The maximum atomic E-state index is 13.3. The molecule has 19 heavy (non-hydrogen) atoms. The summed E-state index contributed by atoms with van der Waals surface area (Å²) in [6.07, 6.45) is 1.84. The number of hydrogen-bond donors (Lipinski definition) is 1. The highest BCUT2D eigenvalue weighted by molar-refractivity contribution is 9.11. The smallest absolute Gasteiger partial charge is 0.153 e. The van der Waals surface area contributed by atoms with E-state index < -0.39 is 0 Å². The molecule has 3 aromatic rings. The molecule has 3 rings (SSSR count). The summed E-state index contributed by atoms with van der Waals surface area (Å²) in [6.45, 7) is 0. The Labute approximate surface area is 125 Å². The zero-order valence-corrected chi connectivity index (χ0v) is 12.7. The number of fused-ring (bicyclic) bond motifs is 1. The van der Waals surface area contributed by atoms with Gasteiger partial charge >= 0.3 is 0 Å². The lowest BCUT2D eigenvalue weighted by molar-refractivity contribution is 0.621. The summed E-state index contributed by atoms with van der Waals surface area (Å²) in [5, 5.41) is 0. The average Bonchev–Trinajstić information content (AvgIpc) is 2.72. The van der Waals surface area contributed by atoms with Crippen LogP contribution in [0.4, 0.5) is 10.2 Å². The molecule has 0 unspecified atom stereocenters. The Hall–Kier alpha value is -1.40. The Morgan fingerprint density at radius 2 is 1.95 bits per heavy atom. The van der Waals surface area contributed by atoms with Crippen molar-refractivity contribution in [2.45, 2.75) is 0 Å². The fourth-order valence-corrected chi connectivity index (χ4v) is 2.72. The Morgan fingerprint density at radius 1 is 1.16 bits per heavy atom. The molecule has 0 atom stereocenters. The minimum atomic E-state index is -0.313. The Bertz CT molecular complexity index is 783. The molecule has 2 heterocycles. The summed E-state index contributed by atoms with van der Waals surface area (Å²) in [7, 11) is 0. The molecule has 96 valence electrons. The van der Waals surface area contributed by atoms with Gasteiger partial charge in [0, 0.05) is 11.8 Å². The van der Waals surface area contributed by atoms with Gasteiger partial charge in [0.25, 0.3) is 0 Å². The third kappa shape index (κ3) is 2.04. The number of rotatable bonds is 1. The maximum Gasteiger partial charge on any atom is 0.153 e. The minimum absolute atomic E-state index is 0.313. The largest absolute Gasteiger partial charge is 0.383 e. The van der Waals surface area contributed by atoms with Gasteiger partial charge in [-0.25, -0.2) is 9.37 Å². The molecule has 6 heteroatoms. The van der Waals surface area contributed by atoms with E-state index in [1.807, 2.05) is 18.3 Å². The standard InChI is InChI=1S/C13H8Br2FN3/c14-8-2-1-5-19-12(17)11(18-13(8)19)7-3-4-10(16)9(15)6-7/h1-6H,17H2. The first-order valence-electron chi connectivity index (χ1n) is 5.45. The highest BCUT2D eigenvalue weighted by atomic mass is 79.9. The van der Waals surface area contributed by atoms with Crippen LogP contribution in [0.25, 0.3) is 16.9 Å². The van der Waals surface area contributed by atoms with Crippen LogP contribution in [0.1, 0.15) is 0 Å². The van der Waals surface area contributed by atoms with E-state index in [0.29, 0.717) is 16.0 Å². The summed E-state index contributed by atoms with van der Waals surface area (Å²) < 4.78 is 16.3. The number of hydrogen-bond acceptors (Lipinski definition) is 2. The quantitative estimate of drug-likeness (QED) is 0.681. The third-order valence-corrected chi connectivity index (χ3v) is 4.06. The summed E-state index contributed by atoms with van der Waals surface area (Å²) in [5.41, 5.74) is 8.23. The van der Waals surface area contributed by atoms with Gasteiger partial charge in [0.15, 0.2) is 5.65 Å². The molecule has 0 radical (unpaired) electrons. The van der Waals surface area contributed by atoms with Gasteiger partial charge in [0.1, 0.15) is 17.3 Å². The van der Waals surface area contributed by atoms with Gasteiger partial charge in [-0.05, 0) is 62.2 Å². The third-order valence-electron chi connectivity index (χ3n) is 2.83. The molecular weight excluding hydrogens is 377 g/mol. The minimum Gasteiger partial charge on any atom is -0.383 e. The fourth-order valence-electron chi connectivity index (χ4n) is 1.91. The van der Waals surface area contributed by atoms with Crippen molar-refractivity contribution in [3.05, 3.63) is 51.3 Å². The normalized spacial score (nSPS) is 11.1. The van der Waals surface area contributed by atoms with Gasteiger partial charge in [0.05, 0.1) is 8.95 Å². The SMILES string of the molecule is Nc1c(-c2ccc(F)c(Br)c2)nc2c(Br)cccn12. The molecule has 2 aromatic heterocycles. The second-order valence-corrected chi connectivity index (χ2v) is 5.73. The van der Waals surface area contributed by atoms with E-state index in [1.165, 1.54) is 6.07 Å². The lowest BCUT2D eigenvalue weighted by Gasteiger charge is -2.01. The van der Waals surface area contributed by atoms with Crippen LogP contribution in [0.15, 0.2) is 45.5 Å². The summed E-state index contributed by atoms with van der Waals surface area (Å²) in [6, 6.07) is 8.48. The van der Waals surface area contributed by atoms with E-state index in [-0.39, 0.29) is 5.82 Å². The van der Waals surface area contributed by atoms with Crippen LogP contribution in [0.3, 0.4) is 0 Å². The van der Waals surface area contributed by atoms with E-state index >= 15 is 0 Å². The number of pyridine rings is 1. The first kappa shape index (κ1) is 12.6. The van der Waals surface area contributed by atoms with Gasteiger partial charge in [-0.2, -0.15) is 0 Å². The highest BCUT2D eigenvalue weighted by Gasteiger charge is 2.14. The number of aromatic nitrogens is 2. The van der Waals surface area contributed by atoms with E-state index in [1.54, 1.807) is 16.5 Å². The number of halogens is 3. The number of imidazole rings is 1. The lowest BCUT2D eigenvalue weighted by atomic mass is 10.1. The van der Waals surface area contributed by atoms with Crippen molar-refractivity contribution in [3.8, 4) is 11.3 Å². The molecule has 0 bridgehead atoms. The van der Waals surface area contributed by atoms with Gasteiger partial charge in [-0.1, -0.05) is 0 Å². The van der Waals surface area contributed by atoms with Gasteiger partial charge < -0.3 is 5.73 Å². The van der Waals surface area contributed by atoms with Crippen molar-refractivity contribution in [1.82, 2.24) is 9.38 Å². The van der Waals surface area contributed by atoms with E-state index in [2.05, 4.69) is 36.8 Å². The van der Waals surface area contributed by atoms with Crippen LogP contribution >= 0.6 is 31.9 Å². The Kier molecular flexibility index (Phi) is 3.06.